The summed E-state index contributed by atoms with van der Waals surface area (Å²) in [7, 11) is 0. The van der Waals surface area contributed by atoms with Crippen LogP contribution in [0.15, 0.2) is 18.2 Å². The minimum atomic E-state index is -1.21. The maximum atomic E-state index is 11.9. The molecule has 8 heteroatoms. The van der Waals surface area contributed by atoms with Crippen molar-refractivity contribution in [3.63, 3.8) is 0 Å². The Morgan fingerprint density at radius 3 is 2.73 bits per heavy atom. The number of aromatic hydroxyl groups is 1. The van der Waals surface area contributed by atoms with E-state index in [1.807, 2.05) is 6.92 Å². The van der Waals surface area contributed by atoms with E-state index in [2.05, 4.69) is 10.3 Å². The number of hydrogen-bond donors (Lipinski definition) is 3. The van der Waals surface area contributed by atoms with Crippen LogP contribution in [0, 0.1) is 0 Å². The quantitative estimate of drug-likeness (QED) is 0.724. The number of aromatic nitrogens is 1. The Hall–Kier alpha value is -2.54. The molecule has 0 aliphatic carbocycles. The van der Waals surface area contributed by atoms with E-state index in [1.54, 1.807) is 18.2 Å². The molecule has 0 unspecified atom stereocenters. The smallest absolute Gasteiger partial charge is 0.322 e. The van der Waals surface area contributed by atoms with Crippen molar-refractivity contribution in [1.29, 1.82) is 0 Å². The van der Waals surface area contributed by atoms with Gasteiger partial charge in [-0.15, -0.1) is 0 Å². The van der Waals surface area contributed by atoms with Crippen molar-refractivity contribution in [3.8, 4) is 11.5 Å². The van der Waals surface area contributed by atoms with Gasteiger partial charge in [-0.1, -0.05) is 11.6 Å². The van der Waals surface area contributed by atoms with E-state index in [1.165, 1.54) is 0 Å². The topological polar surface area (TPSA) is 109 Å². The van der Waals surface area contributed by atoms with E-state index < -0.39 is 18.4 Å². The summed E-state index contributed by atoms with van der Waals surface area (Å²) in [5, 5.41) is 21.6. The molecule has 1 aromatic heterocycles. The minimum Gasteiger partial charge on any atom is -0.505 e. The lowest BCUT2D eigenvalue weighted by Gasteiger charge is -2.10. The number of rotatable bonds is 5. The van der Waals surface area contributed by atoms with Gasteiger partial charge in [0.25, 0.3) is 5.91 Å². The SMILES string of the molecule is CCOc1ccc2c(O)c(C(=O)NCC(=O)O)nc(Cl)c2c1. The van der Waals surface area contributed by atoms with Gasteiger partial charge in [-0.2, -0.15) is 0 Å². The number of nitrogens with one attached hydrogen (secondary N) is 1. The van der Waals surface area contributed by atoms with Crippen LogP contribution in [0.1, 0.15) is 17.4 Å². The van der Waals surface area contributed by atoms with E-state index in [-0.39, 0.29) is 16.6 Å². The second-order valence-electron chi connectivity index (χ2n) is 4.32. The Morgan fingerprint density at radius 2 is 2.09 bits per heavy atom. The fourth-order valence-corrected chi connectivity index (χ4v) is 2.13. The highest BCUT2D eigenvalue weighted by molar-refractivity contribution is 6.35. The van der Waals surface area contributed by atoms with Crippen LogP contribution in [-0.2, 0) is 4.79 Å². The predicted octanol–water partition coefficient (Wildman–Crippen LogP) is 1.81. The first-order chi connectivity index (χ1) is 10.4. The minimum absolute atomic E-state index is 0.00910. The highest BCUT2D eigenvalue weighted by Gasteiger charge is 2.19. The molecule has 1 aromatic carbocycles. The first kappa shape index (κ1) is 15.8. The van der Waals surface area contributed by atoms with Gasteiger partial charge in [-0.05, 0) is 25.1 Å². The molecule has 116 valence electrons. The summed E-state index contributed by atoms with van der Waals surface area (Å²) in [6.07, 6.45) is 0. The number of pyridine rings is 1. The number of hydrogen-bond acceptors (Lipinski definition) is 5. The van der Waals surface area contributed by atoms with Crippen molar-refractivity contribution in [2.45, 2.75) is 6.92 Å². The number of ether oxygens (including phenoxy) is 1. The molecular formula is C14H13ClN2O5. The summed E-state index contributed by atoms with van der Waals surface area (Å²) >= 11 is 6.04. The van der Waals surface area contributed by atoms with Crippen molar-refractivity contribution in [1.82, 2.24) is 10.3 Å². The highest BCUT2D eigenvalue weighted by Crippen LogP contribution is 2.34. The molecule has 0 radical (unpaired) electrons. The summed E-state index contributed by atoms with van der Waals surface area (Å²) in [5.41, 5.74) is -0.331. The maximum Gasteiger partial charge on any atom is 0.322 e. The highest BCUT2D eigenvalue weighted by atomic mass is 35.5. The third-order valence-electron chi connectivity index (χ3n) is 2.83. The Kier molecular flexibility index (Phi) is 4.67. The lowest BCUT2D eigenvalue weighted by molar-refractivity contribution is -0.135. The van der Waals surface area contributed by atoms with Crippen molar-refractivity contribution in [2.75, 3.05) is 13.2 Å². The van der Waals surface area contributed by atoms with Crippen LogP contribution in [0.3, 0.4) is 0 Å². The summed E-state index contributed by atoms with van der Waals surface area (Å²) in [6, 6.07) is 4.78. The average molecular weight is 325 g/mol. The van der Waals surface area contributed by atoms with Crippen LogP contribution in [0.5, 0.6) is 11.5 Å². The van der Waals surface area contributed by atoms with Gasteiger partial charge in [0.15, 0.2) is 11.4 Å². The van der Waals surface area contributed by atoms with Crippen LogP contribution < -0.4 is 10.1 Å². The first-order valence-corrected chi connectivity index (χ1v) is 6.76. The zero-order valence-corrected chi connectivity index (χ0v) is 12.3. The number of halogens is 1. The number of carboxylic acids is 1. The Labute approximate surface area is 130 Å². The Balaban J connectivity index is 2.46. The zero-order valence-electron chi connectivity index (χ0n) is 11.6. The number of fused-ring (bicyclic) bond motifs is 1. The summed E-state index contributed by atoms with van der Waals surface area (Å²) in [4.78, 5) is 26.2. The van der Waals surface area contributed by atoms with Crippen LogP contribution in [0.2, 0.25) is 5.15 Å². The average Bonchev–Trinajstić information content (AvgIpc) is 2.48. The number of carbonyl (C=O) groups is 2. The molecule has 2 rings (SSSR count). The van der Waals surface area contributed by atoms with Crippen molar-refractivity contribution >= 4 is 34.2 Å². The zero-order chi connectivity index (χ0) is 16.3. The molecule has 7 nitrogen and oxygen atoms in total. The molecule has 0 atom stereocenters. The van der Waals surface area contributed by atoms with Crippen molar-refractivity contribution < 1.29 is 24.5 Å². The molecule has 0 saturated carbocycles. The molecule has 1 amide bonds. The molecular weight excluding hydrogens is 312 g/mol. The number of carbonyl (C=O) groups excluding carboxylic acids is 1. The largest absolute Gasteiger partial charge is 0.505 e. The Morgan fingerprint density at radius 1 is 1.36 bits per heavy atom. The van der Waals surface area contributed by atoms with Crippen molar-refractivity contribution in [2.24, 2.45) is 0 Å². The lowest BCUT2D eigenvalue weighted by atomic mass is 10.1. The van der Waals surface area contributed by atoms with E-state index in [9.17, 15) is 14.7 Å². The third kappa shape index (κ3) is 3.20. The lowest BCUT2D eigenvalue weighted by Crippen LogP contribution is -2.30. The van der Waals surface area contributed by atoms with Crippen LogP contribution in [0.4, 0.5) is 0 Å². The van der Waals surface area contributed by atoms with Crippen molar-refractivity contribution in [3.05, 3.63) is 29.0 Å². The molecule has 0 fully saturated rings. The monoisotopic (exact) mass is 324 g/mol. The molecule has 0 saturated heterocycles. The predicted molar refractivity (Wildman–Crippen MR) is 79.6 cm³/mol. The van der Waals surface area contributed by atoms with E-state index in [0.717, 1.165) is 0 Å². The standard InChI is InChI=1S/C14H13ClN2O5/c1-2-22-7-3-4-8-9(5-7)13(15)17-11(12(8)20)14(21)16-6-10(18)19/h3-5,20H,2,6H2,1H3,(H,16,21)(H,18,19). The van der Waals surface area contributed by atoms with Crippen LogP contribution in [0.25, 0.3) is 10.8 Å². The second-order valence-corrected chi connectivity index (χ2v) is 4.67. The van der Waals surface area contributed by atoms with Gasteiger partial charge in [-0.3, -0.25) is 9.59 Å². The van der Waals surface area contributed by atoms with Gasteiger partial charge in [0.2, 0.25) is 0 Å². The number of carboxylic acid groups (broad SMARTS) is 1. The summed E-state index contributed by atoms with van der Waals surface area (Å²) in [6.45, 7) is 1.72. The van der Waals surface area contributed by atoms with Gasteiger partial charge in [0.05, 0.1) is 6.61 Å². The number of nitrogens with zero attached hydrogens (tertiary/aromatic N) is 1. The molecule has 3 N–H and O–H groups in total. The van der Waals surface area contributed by atoms with E-state index in [0.29, 0.717) is 23.1 Å². The fourth-order valence-electron chi connectivity index (χ4n) is 1.89. The van der Waals surface area contributed by atoms with Gasteiger partial charge in [0, 0.05) is 10.8 Å². The number of amides is 1. The van der Waals surface area contributed by atoms with E-state index >= 15 is 0 Å². The Bertz CT molecular complexity index is 748. The van der Waals surface area contributed by atoms with Gasteiger partial charge >= 0.3 is 5.97 Å². The fraction of sp³-hybridized carbons (Fsp3) is 0.214. The maximum absolute atomic E-state index is 11.9. The summed E-state index contributed by atoms with van der Waals surface area (Å²) in [5.74, 6) is -1.84. The van der Waals surface area contributed by atoms with Gasteiger partial charge in [0.1, 0.15) is 17.4 Å². The second kappa shape index (κ2) is 6.48. The van der Waals surface area contributed by atoms with Crippen LogP contribution in [-0.4, -0.2) is 40.2 Å². The normalized spacial score (nSPS) is 10.5. The summed E-state index contributed by atoms with van der Waals surface area (Å²) < 4.78 is 5.34. The van der Waals surface area contributed by atoms with Crippen LogP contribution >= 0.6 is 11.6 Å². The van der Waals surface area contributed by atoms with Gasteiger partial charge in [-0.25, -0.2) is 4.98 Å². The molecule has 0 aliphatic rings. The first-order valence-electron chi connectivity index (χ1n) is 6.39. The molecule has 0 spiro atoms. The van der Waals surface area contributed by atoms with Gasteiger partial charge < -0.3 is 20.3 Å². The molecule has 22 heavy (non-hydrogen) atoms. The molecule has 2 aromatic rings. The third-order valence-corrected chi connectivity index (χ3v) is 3.12. The number of benzene rings is 1. The number of aliphatic carboxylic acids is 1. The molecule has 1 heterocycles. The molecule has 0 aliphatic heterocycles. The van der Waals surface area contributed by atoms with E-state index in [4.69, 9.17) is 21.4 Å². The molecule has 0 bridgehead atoms.